The quantitative estimate of drug-likeness (QED) is 0.918. The van der Waals surface area contributed by atoms with Crippen LogP contribution in [0.2, 0.25) is 0 Å². The average Bonchev–Trinajstić information content (AvgIpc) is 2.64. The van der Waals surface area contributed by atoms with Crippen LogP contribution < -0.4 is 5.32 Å². The number of hydrogen-bond donors (Lipinski definition) is 1. The molecule has 2 aromatic heterocycles. The van der Waals surface area contributed by atoms with Crippen molar-refractivity contribution in [3.05, 3.63) is 41.3 Å². The van der Waals surface area contributed by atoms with Gasteiger partial charge in [0.25, 0.3) is 0 Å². The molecule has 0 atom stereocenters. The Hall–Kier alpha value is -1.84. The molecule has 0 spiro atoms. The number of aromatic nitrogens is 3. The van der Waals surface area contributed by atoms with Gasteiger partial charge in [-0.3, -0.25) is 4.98 Å². The molecule has 1 aliphatic rings. The normalized spacial score (nSPS) is 14.6. The van der Waals surface area contributed by atoms with Crippen LogP contribution in [0.4, 0.5) is 5.82 Å². The Bertz CT molecular complexity index is 545. The molecule has 0 aromatic carbocycles. The molecule has 0 fully saturated rings. The van der Waals surface area contributed by atoms with Crippen LogP contribution in [-0.2, 0) is 19.4 Å². The Morgan fingerprint density at radius 1 is 1.32 bits per heavy atom. The number of rotatable bonds is 3. The summed E-state index contributed by atoms with van der Waals surface area (Å²) >= 11 is 0. The highest BCUT2D eigenvalue weighted by molar-refractivity contribution is 5.49. The van der Waals surface area contributed by atoms with Crippen molar-refractivity contribution in [2.24, 2.45) is 0 Å². The van der Waals surface area contributed by atoms with Crippen LogP contribution >= 0.6 is 0 Å². The summed E-state index contributed by atoms with van der Waals surface area (Å²) in [5.41, 5.74) is 3.67. The number of hydrogen-bond acceptors (Lipinski definition) is 3. The molecule has 0 bridgehead atoms. The van der Waals surface area contributed by atoms with Crippen molar-refractivity contribution in [3.63, 3.8) is 0 Å². The lowest BCUT2D eigenvalue weighted by atomic mass is 10.1. The third-order valence-electron chi connectivity index (χ3n) is 3.65. The predicted octanol–water partition coefficient (Wildman–Crippen LogP) is 2.64. The summed E-state index contributed by atoms with van der Waals surface area (Å²) in [5, 5.41) is 8.29. The zero-order chi connectivity index (χ0) is 13.1. The molecule has 0 unspecified atom stereocenters. The van der Waals surface area contributed by atoms with E-state index in [0.29, 0.717) is 0 Å². The molecule has 4 nitrogen and oxygen atoms in total. The van der Waals surface area contributed by atoms with E-state index in [2.05, 4.69) is 28.0 Å². The minimum atomic E-state index is 0.831. The van der Waals surface area contributed by atoms with Crippen molar-refractivity contribution in [3.8, 4) is 0 Å². The molecular formula is C15H20N4. The van der Waals surface area contributed by atoms with Crippen molar-refractivity contribution in [2.45, 2.75) is 39.2 Å². The number of nitrogens with one attached hydrogen (secondary N) is 1. The van der Waals surface area contributed by atoms with Crippen LogP contribution in [0.3, 0.4) is 0 Å². The smallest absolute Gasteiger partial charge is 0.127 e. The number of aryl methyl sites for hydroxylation is 1. The van der Waals surface area contributed by atoms with Crippen LogP contribution in [-0.4, -0.2) is 21.3 Å². The first-order chi connectivity index (χ1) is 9.38. The first kappa shape index (κ1) is 12.2. The second-order valence-electron chi connectivity index (χ2n) is 4.97. The lowest BCUT2D eigenvalue weighted by Gasteiger charge is -2.06. The van der Waals surface area contributed by atoms with E-state index < -0.39 is 0 Å². The third kappa shape index (κ3) is 2.48. The Morgan fingerprint density at radius 2 is 2.26 bits per heavy atom. The molecule has 0 saturated carbocycles. The van der Waals surface area contributed by atoms with E-state index in [0.717, 1.165) is 31.6 Å². The Morgan fingerprint density at radius 3 is 3.05 bits per heavy atom. The Kier molecular flexibility index (Phi) is 3.49. The number of anilines is 1. The van der Waals surface area contributed by atoms with Crippen molar-refractivity contribution in [1.29, 1.82) is 0 Å². The molecular weight excluding hydrogens is 236 g/mol. The van der Waals surface area contributed by atoms with Gasteiger partial charge in [0.15, 0.2) is 0 Å². The molecule has 1 N–H and O–H groups in total. The van der Waals surface area contributed by atoms with Gasteiger partial charge in [0.2, 0.25) is 0 Å². The summed E-state index contributed by atoms with van der Waals surface area (Å²) in [6.07, 6.45) is 6.29. The van der Waals surface area contributed by atoms with Gasteiger partial charge in [0.1, 0.15) is 5.82 Å². The van der Waals surface area contributed by atoms with Gasteiger partial charge in [-0.25, -0.2) is 4.68 Å². The van der Waals surface area contributed by atoms with Gasteiger partial charge in [-0.1, -0.05) is 6.07 Å². The molecule has 0 aliphatic carbocycles. The maximum absolute atomic E-state index is 4.76. The van der Waals surface area contributed by atoms with Crippen LogP contribution in [0.25, 0.3) is 0 Å². The highest BCUT2D eigenvalue weighted by atomic mass is 15.3. The monoisotopic (exact) mass is 256 g/mol. The maximum Gasteiger partial charge on any atom is 0.127 e. The zero-order valence-corrected chi connectivity index (χ0v) is 11.4. The molecule has 0 amide bonds. The standard InChI is InChI=1S/C15H20N4/c1-2-19-15-13(8-4-6-10-17-15)14(18-19)11-12-7-3-5-9-16-12/h3,5,7,9,17H,2,4,6,8,10-11H2,1H3. The van der Waals surface area contributed by atoms with Crippen molar-refractivity contribution in [2.75, 3.05) is 11.9 Å². The fraction of sp³-hybridized carbons (Fsp3) is 0.467. The summed E-state index contributed by atoms with van der Waals surface area (Å²) in [7, 11) is 0. The largest absolute Gasteiger partial charge is 0.370 e. The number of pyridine rings is 1. The van der Waals surface area contributed by atoms with Gasteiger partial charge >= 0.3 is 0 Å². The second kappa shape index (κ2) is 5.43. The lowest BCUT2D eigenvalue weighted by Crippen LogP contribution is -2.07. The van der Waals surface area contributed by atoms with Gasteiger partial charge in [0, 0.05) is 37.0 Å². The fourth-order valence-corrected chi connectivity index (χ4v) is 2.69. The average molecular weight is 256 g/mol. The summed E-state index contributed by atoms with van der Waals surface area (Å²) in [6, 6.07) is 6.06. The predicted molar refractivity (Wildman–Crippen MR) is 76.4 cm³/mol. The van der Waals surface area contributed by atoms with Gasteiger partial charge in [-0.05, 0) is 38.3 Å². The second-order valence-corrected chi connectivity index (χ2v) is 4.97. The summed E-state index contributed by atoms with van der Waals surface area (Å²) in [4.78, 5) is 4.41. The Balaban J connectivity index is 1.95. The minimum absolute atomic E-state index is 0.831. The fourth-order valence-electron chi connectivity index (χ4n) is 2.69. The van der Waals surface area contributed by atoms with E-state index in [-0.39, 0.29) is 0 Å². The molecule has 19 heavy (non-hydrogen) atoms. The molecule has 100 valence electrons. The maximum atomic E-state index is 4.76. The van der Waals surface area contributed by atoms with Gasteiger partial charge in [-0.15, -0.1) is 0 Å². The van der Waals surface area contributed by atoms with E-state index in [9.17, 15) is 0 Å². The van der Waals surface area contributed by atoms with E-state index in [1.165, 1.54) is 29.9 Å². The third-order valence-corrected chi connectivity index (χ3v) is 3.65. The Labute approximate surface area is 113 Å². The number of fused-ring (bicyclic) bond motifs is 1. The van der Waals surface area contributed by atoms with Crippen molar-refractivity contribution in [1.82, 2.24) is 14.8 Å². The van der Waals surface area contributed by atoms with Crippen LogP contribution in [0.1, 0.15) is 36.7 Å². The molecule has 1 aliphatic heterocycles. The minimum Gasteiger partial charge on any atom is -0.370 e. The summed E-state index contributed by atoms with van der Waals surface area (Å²) < 4.78 is 2.10. The van der Waals surface area contributed by atoms with Gasteiger partial charge in [0.05, 0.1) is 5.69 Å². The van der Waals surface area contributed by atoms with Crippen LogP contribution in [0.15, 0.2) is 24.4 Å². The van der Waals surface area contributed by atoms with Crippen molar-refractivity contribution < 1.29 is 0 Å². The van der Waals surface area contributed by atoms with E-state index >= 15 is 0 Å². The van der Waals surface area contributed by atoms with E-state index in [4.69, 9.17) is 5.10 Å². The van der Waals surface area contributed by atoms with Crippen molar-refractivity contribution >= 4 is 5.82 Å². The first-order valence-corrected chi connectivity index (χ1v) is 7.11. The first-order valence-electron chi connectivity index (χ1n) is 7.11. The van der Waals surface area contributed by atoms with E-state index in [1.54, 1.807) is 0 Å². The van der Waals surface area contributed by atoms with Crippen LogP contribution in [0.5, 0.6) is 0 Å². The molecule has 3 heterocycles. The topological polar surface area (TPSA) is 42.7 Å². The lowest BCUT2D eigenvalue weighted by molar-refractivity contribution is 0.651. The van der Waals surface area contributed by atoms with Gasteiger partial charge < -0.3 is 5.32 Å². The zero-order valence-electron chi connectivity index (χ0n) is 11.4. The van der Waals surface area contributed by atoms with Gasteiger partial charge in [-0.2, -0.15) is 5.10 Å². The highest BCUT2D eigenvalue weighted by Crippen LogP contribution is 2.26. The molecule has 2 aromatic rings. The molecule has 4 heteroatoms. The molecule has 0 radical (unpaired) electrons. The summed E-state index contributed by atoms with van der Waals surface area (Å²) in [5.74, 6) is 1.23. The van der Waals surface area contributed by atoms with E-state index in [1.807, 2.05) is 18.3 Å². The summed E-state index contributed by atoms with van der Waals surface area (Å²) in [6.45, 7) is 4.11. The SMILES string of the molecule is CCn1nc(Cc2ccccn2)c2c1NCCCC2. The number of nitrogens with zero attached hydrogens (tertiary/aromatic N) is 3. The molecule has 0 saturated heterocycles. The van der Waals surface area contributed by atoms with Crippen LogP contribution in [0, 0.1) is 0 Å². The molecule has 3 rings (SSSR count). The highest BCUT2D eigenvalue weighted by Gasteiger charge is 2.19.